The zero-order valence-corrected chi connectivity index (χ0v) is 16.4. The molecule has 2 aliphatic rings. The average Bonchev–Trinajstić information content (AvgIpc) is 3.27. The topological polar surface area (TPSA) is 62.7 Å². The fraction of sp³-hybridized carbons (Fsp3) is 0.421. The number of benzene rings is 1. The summed E-state index contributed by atoms with van der Waals surface area (Å²) in [5, 5.41) is 0. The number of likely N-dealkylation sites (tertiary alicyclic amines) is 1. The molecule has 0 radical (unpaired) electrons. The van der Waals surface area contributed by atoms with Gasteiger partial charge in [0.25, 0.3) is 5.91 Å². The summed E-state index contributed by atoms with van der Waals surface area (Å²) < 4.78 is 5.68. The van der Waals surface area contributed by atoms with E-state index >= 15 is 0 Å². The third-order valence-corrected chi connectivity index (χ3v) is 5.15. The first-order valence-corrected chi connectivity index (χ1v) is 8.59. The van der Waals surface area contributed by atoms with Gasteiger partial charge in [-0.15, -0.1) is 24.8 Å². The second kappa shape index (κ2) is 8.33. The molecule has 7 heteroatoms. The van der Waals surface area contributed by atoms with Crippen LogP contribution in [0.4, 0.5) is 5.69 Å². The van der Waals surface area contributed by atoms with Crippen molar-refractivity contribution in [1.82, 2.24) is 4.90 Å². The molecule has 142 valence electrons. The van der Waals surface area contributed by atoms with E-state index in [0.29, 0.717) is 24.7 Å². The van der Waals surface area contributed by atoms with Gasteiger partial charge in [-0.1, -0.05) is 18.2 Å². The number of carbonyl (C=O) groups excluding carboxylic acids is 1. The Balaban J connectivity index is 0.00000121. The number of fused-ring (bicyclic) bond motifs is 1. The van der Waals surface area contributed by atoms with Gasteiger partial charge < -0.3 is 20.0 Å². The molecule has 1 fully saturated rings. The second-order valence-electron chi connectivity index (χ2n) is 6.87. The van der Waals surface area contributed by atoms with Crippen molar-refractivity contribution in [1.29, 1.82) is 0 Å². The zero-order chi connectivity index (χ0) is 16.7. The Hall–Kier alpha value is -1.69. The van der Waals surface area contributed by atoms with Gasteiger partial charge in [-0.2, -0.15) is 0 Å². The van der Waals surface area contributed by atoms with Gasteiger partial charge in [0.05, 0.1) is 18.4 Å². The van der Waals surface area contributed by atoms with Crippen molar-refractivity contribution in [3.8, 4) is 0 Å². The third kappa shape index (κ3) is 3.70. The molecule has 0 aliphatic carbocycles. The first-order valence-electron chi connectivity index (χ1n) is 8.59. The molecule has 1 saturated heterocycles. The molecule has 0 spiro atoms. The molecule has 26 heavy (non-hydrogen) atoms. The maximum Gasteiger partial charge on any atom is 0.257 e. The molecule has 3 heterocycles. The highest BCUT2D eigenvalue weighted by Crippen LogP contribution is 2.33. The molecule has 1 aromatic carbocycles. The molecule has 0 saturated carbocycles. The van der Waals surface area contributed by atoms with E-state index in [2.05, 4.69) is 36.1 Å². The summed E-state index contributed by atoms with van der Waals surface area (Å²) in [7, 11) is 0. The van der Waals surface area contributed by atoms with Crippen LogP contribution in [0.1, 0.15) is 35.0 Å². The number of amides is 1. The fourth-order valence-electron chi connectivity index (χ4n) is 3.82. The molecule has 1 unspecified atom stereocenters. The van der Waals surface area contributed by atoms with Crippen molar-refractivity contribution < 1.29 is 9.21 Å². The van der Waals surface area contributed by atoms with Gasteiger partial charge in [0, 0.05) is 30.9 Å². The molecule has 2 N–H and O–H groups in total. The van der Waals surface area contributed by atoms with Gasteiger partial charge in [-0.25, -0.2) is 0 Å². The van der Waals surface area contributed by atoms with E-state index in [4.69, 9.17) is 10.2 Å². The number of nitrogens with zero attached hydrogens (tertiary/aromatic N) is 2. The van der Waals surface area contributed by atoms with Crippen molar-refractivity contribution in [2.45, 2.75) is 38.4 Å². The minimum Gasteiger partial charge on any atom is -0.467 e. The first kappa shape index (κ1) is 20.6. The SMILES string of the molecule is CC1Cc2ccccc2N1Cc1occc1C(=O)N1CC[C@@H](N)C1.Cl.Cl. The van der Waals surface area contributed by atoms with Gasteiger partial charge in [0.2, 0.25) is 0 Å². The van der Waals surface area contributed by atoms with Crippen molar-refractivity contribution >= 4 is 36.4 Å². The number of nitrogens with two attached hydrogens (primary N) is 1. The van der Waals surface area contributed by atoms with E-state index < -0.39 is 0 Å². The highest BCUT2D eigenvalue weighted by Gasteiger charge is 2.30. The number of halogens is 2. The lowest BCUT2D eigenvalue weighted by molar-refractivity contribution is 0.0788. The summed E-state index contributed by atoms with van der Waals surface area (Å²) in [6, 6.07) is 10.7. The maximum absolute atomic E-state index is 12.8. The van der Waals surface area contributed by atoms with Gasteiger partial charge >= 0.3 is 0 Å². The molecular formula is C19H25Cl2N3O2. The molecule has 4 rings (SSSR count). The number of furan rings is 1. The van der Waals surface area contributed by atoms with Crippen molar-refractivity contribution in [2.24, 2.45) is 5.73 Å². The summed E-state index contributed by atoms with van der Waals surface area (Å²) in [6.45, 7) is 4.19. The van der Waals surface area contributed by atoms with E-state index in [-0.39, 0.29) is 36.8 Å². The Morgan fingerprint density at radius 3 is 2.77 bits per heavy atom. The van der Waals surface area contributed by atoms with E-state index in [9.17, 15) is 4.79 Å². The standard InChI is InChI=1S/C19H23N3O2.2ClH/c1-13-10-14-4-2-3-5-17(14)22(13)12-18-16(7-9-24-18)19(23)21-8-6-15(20)11-21;;/h2-5,7,9,13,15H,6,8,10-12,20H2,1H3;2*1H/t13?,15-;;/m1../s1. The van der Waals surface area contributed by atoms with Gasteiger partial charge in [0.1, 0.15) is 5.76 Å². The zero-order valence-electron chi connectivity index (χ0n) is 14.8. The van der Waals surface area contributed by atoms with Crippen LogP contribution >= 0.6 is 24.8 Å². The monoisotopic (exact) mass is 397 g/mol. The summed E-state index contributed by atoms with van der Waals surface area (Å²) in [6.07, 6.45) is 3.52. The lowest BCUT2D eigenvalue weighted by atomic mass is 10.1. The summed E-state index contributed by atoms with van der Waals surface area (Å²) >= 11 is 0. The minimum absolute atomic E-state index is 0. The van der Waals surface area contributed by atoms with Crippen LogP contribution in [0.3, 0.4) is 0 Å². The van der Waals surface area contributed by atoms with Crippen LogP contribution in [0.2, 0.25) is 0 Å². The third-order valence-electron chi connectivity index (χ3n) is 5.15. The van der Waals surface area contributed by atoms with Crippen LogP contribution < -0.4 is 10.6 Å². The van der Waals surface area contributed by atoms with E-state index in [1.165, 1.54) is 11.3 Å². The summed E-state index contributed by atoms with van der Waals surface area (Å²) in [4.78, 5) is 16.9. The van der Waals surface area contributed by atoms with E-state index in [1.807, 2.05) is 4.90 Å². The maximum atomic E-state index is 12.8. The van der Waals surface area contributed by atoms with Gasteiger partial charge in [0.15, 0.2) is 0 Å². The molecular weight excluding hydrogens is 373 g/mol. The Labute approximate surface area is 166 Å². The second-order valence-corrected chi connectivity index (χ2v) is 6.87. The fourth-order valence-corrected chi connectivity index (χ4v) is 3.82. The van der Waals surface area contributed by atoms with Crippen LogP contribution in [0.5, 0.6) is 0 Å². The number of hydrogen-bond acceptors (Lipinski definition) is 4. The normalized spacial score (nSPS) is 21.2. The van der Waals surface area contributed by atoms with Gasteiger partial charge in [-0.3, -0.25) is 4.79 Å². The summed E-state index contributed by atoms with van der Waals surface area (Å²) in [5.41, 5.74) is 9.19. The highest BCUT2D eigenvalue weighted by atomic mass is 35.5. The number of anilines is 1. The predicted octanol–water partition coefficient (Wildman–Crippen LogP) is 3.25. The largest absolute Gasteiger partial charge is 0.467 e. The van der Waals surface area contributed by atoms with Crippen LogP contribution in [0, 0.1) is 0 Å². The molecule has 2 aliphatic heterocycles. The predicted molar refractivity (Wildman–Crippen MR) is 107 cm³/mol. The Bertz CT molecular complexity index is 765. The minimum atomic E-state index is 0. The van der Waals surface area contributed by atoms with Gasteiger partial charge in [-0.05, 0) is 37.5 Å². The van der Waals surface area contributed by atoms with Crippen LogP contribution in [-0.2, 0) is 13.0 Å². The Kier molecular flexibility index (Phi) is 6.61. The molecule has 1 aromatic heterocycles. The van der Waals surface area contributed by atoms with Crippen molar-refractivity contribution in [3.63, 3.8) is 0 Å². The Morgan fingerprint density at radius 2 is 2.04 bits per heavy atom. The Morgan fingerprint density at radius 1 is 1.27 bits per heavy atom. The van der Waals surface area contributed by atoms with Crippen molar-refractivity contribution in [2.75, 3.05) is 18.0 Å². The van der Waals surface area contributed by atoms with E-state index in [1.54, 1.807) is 12.3 Å². The number of hydrogen-bond donors (Lipinski definition) is 1. The van der Waals surface area contributed by atoms with Crippen molar-refractivity contribution in [3.05, 3.63) is 53.5 Å². The summed E-state index contributed by atoms with van der Waals surface area (Å²) in [5.74, 6) is 0.774. The quantitative estimate of drug-likeness (QED) is 0.862. The highest BCUT2D eigenvalue weighted by molar-refractivity contribution is 5.95. The number of carbonyl (C=O) groups is 1. The number of rotatable bonds is 3. The molecule has 2 aromatic rings. The molecule has 2 atom stereocenters. The lowest BCUT2D eigenvalue weighted by Gasteiger charge is -2.24. The molecule has 1 amide bonds. The van der Waals surface area contributed by atoms with E-state index in [0.717, 1.165) is 25.1 Å². The number of para-hydroxylation sites is 1. The van der Waals surface area contributed by atoms with Crippen LogP contribution in [0.15, 0.2) is 41.0 Å². The van der Waals surface area contributed by atoms with Crippen LogP contribution in [0.25, 0.3) is 0 Å². The molecule has 5 nitrogen and oxygen atoms in total. The average molecular weight is 398 g/mol. The molecule has 0 bridgehead atoms. The van der Waals surface area contributed by atoms with Crippen LogP contribution in [-0.4, -0.2) is 36.0 Å². The first-order chi connectivity index (χ1) is 11.6. The lowest BCUT2D eigenvalue weighted by Crippen LogP contribution is -2.33. The smallest absolute Gasteiger partial charge is 0.257 e.